The van der Waals surface area contributed by atoms with Crippen LogP contribution >= 0.6 is 0 Å². The summed E-state index contributed by atoms with van der Waals surface area (Å²) in [6, 6.07) is 4.07. The van der Waals surface area contributed by atoms with Crippen molar-refractivity contribution in [3.63, 3.8) is 0 Å². The minimum Gasteiger partial charge on any atom is -0.478 e. The van der Waals surface area contributed by atoms with Gasteiger partial charge in [0.25, 0.3) is 0 Å². The molecule has 0 amide bonds. The lowest BCUT2D eigenvalue weighted by atomic mass is 10.1. The van der Waals surface area contributed by atoms with Gasteiger partial charge in [-0.3, -0.25) is 0 Å². The molecular formula is C14H9F4NO2. The lowest BCUT2D eigenvalue weighted by Crippen LogP contribution is -2.07. The molecule has 0 unspecified atom stereocenters. The zero-order valence-electron chi connectivity index (χ0n) is 10.7. The standard InChI is InChI=1S/C14H9F4NO2/c1-6-2-3-10(7(4-6)14(20)21)19-13-11(17)8(15)5-9(16)12(13)18/h2-5,19H,1H3,(H,20,21). The number of hydrogen-bond acceptors (Lipinski definition) is 2. The van der Waals surface area contributed by atoms with Gasteiger partial charge in [-0.2, -0.15) is 0 Å². The van der Waals surface area contributed by atoms with Gasteiger partial charge >= 0.3 is 5.97 Å². The molecule has 0 fully saturated rings. The molecule has 0 atom stereocenters. The summed E-state index contributed by atoms with van der Waals surface area (Å²) in [7, 11) is 0. The Balaban J connectivity index is 2.56. The summed E-state index contributed by atoms with van der Waals surface area (Å²) in [5, 5.41) is 11.1. The molecule has 0 spiro atoms. The SMILES string of the molecule is Cc1ccc(Nc2c(F)c(F)cc(F)c2F)c(C(=O)O)c1. The van der Waals surface area contributed by atoms with E-state index in [1.54, 1.807) is 6.92 Å². The first kappa shape index (κ1) is 14.8. The van der Waals surface area contributed by atoms with Gasteiger partial charge in [0.2, 0.25) is 0 Å². The number of benzene rings is 2. The van der Waals surface area contributed by atoms with Crippen molar-refractivity contribution in [3.8, 4) is 0 Å². The highest BCUT2D eigenvalue weighted by atomic mass is 19.2. The Hall–Kier alpha value is -2.57. The van der Waals surface area contributed by atoms with Crippen LogP contribution in [0, 0.1) is 30.2 Å². The molecular weight excluding hydrogens is 290 g/mol. The number of aromatic carboxylic acids is 1. The first-order chi connectivity index (χ1) is 9.81. The minimum absolute atomic E-state index is 0.0725. The monoisotopic (exact) mass is 299 g/mol. The summed E-state index contributed by atoms with van der Waals surface area (Å²) < 4.78 is 53.3. The molecule has 2 N–H and O–H groups in total. The molecule has 0 aliphatic heterocycles. The van der Waals surface area contributed by atoms with E-state index in [0.29, 0.717) is 5.56 Å². The molecule has 0 bridgehead atoms. The molecule has 2 aromatic carbocycles. The summed E-state index contributed by atoms with van der Waals surface area (Å²) in [4.78, 5) is 11.1. The van der Waals surface area contributed by atoms with Crippen molar-refractivity contribution in [1.29, 1.82) is 0 Å². The highest BCUT2D eigenvalue weighted by Crippen LogP contribution is 2.29. The molecule has 0 radical (unpaired) electrons. The molecule has 0 aliphatic carbocycles. The summed E-state index contributed by atoms with van der Waals surface area (Å²) in [5.74, 6) is -7.78. The second-order valence-corrected chi connectivity index (χ2v) is 4.32. The Morgan fingerprint density at radius 2 is 1.62 bits per heavy atom. The zero-order valence-corrected chi connectivity index (χ0v) is 10.7. The van der Waals surface area contributed by atoms with Crippen molar-refractivity contribution in [2.45, 2.75) is 6.92 Å². The third-order valence-electron chi connectivity index (χ3n) is 2.78. The fraction of sp³-hybridized carbons (Fsp3) is 0.0714. The van der Waals surface area contributed by atoms with E-state index < -0.39 is 34.9 Å². The van der Waals surface area contributed by atoms with Gasteiger partial charge in [0.05, 0.1) is 11.3 Å². The summed E-state index contributed by atoms with van der Waals surface area (Å²) in [6.45, 7) is 1.62. The average Bonchev–Trinajstić information content (AvgIpc) is 2.42. The fourth-order valence-corrected chi connectivity index (χ4v) is 1.76. The van der Waals surface area contributed by atoms with E-state index in [1.807, 2.05) is 0 Å². The number of carboxylic acids is 1. The molecule has 0 aliphatic rings. The van der Waals surface area contributed by atoms with Crippen molar-refractivity contribution in [3.05, 3.63) is 58.7 Å². The molecule has 0 saturated carbocycles. The van der Waals surface area contributed by atoms with Crippen LogP contribution in [0.5, 0.6) is 0 Å². The number of halogens is 4. The number of rotatable bonds is 3. The van der Waals surface area contributed by atoms with Crippen molar-refractivity contribution >= 4 is 17.3 Å². The van der Waals surface area contributed by atoms with E-state index in [4.69, 9.17) is 5.11 Å². The fourth-order valence-electron chi connectivity index (χ4n) is 1.76. The quantitative estimate of drug-likeness (QED) is 0.665. The van der Waals surface area contributed by atoms with Crippen LogP contribution in [0.3, 0.4) is 0 Å². The lowest BCUT2D eigenvalue weighted by molar-refractivity contribution is 0.0698. The second-order valence-electron chi connectivity index (χ2n) is 4.32. The van der Waals surface area contributed by atoms with Crippen molar-refractivity contribution in [2.24, 2.45) is 0 Å². The van der Waals surface area contributed by atoms with Gasteiger partial charge in [0, 0.05) is 6.07 Å². The first-order valence-electron chi connectivity index (χ1n) is 5.75. The van der Waals surface area contributed by atoms with Crippen LogP contribution in [0.15, 0.2) is 24.3 Å². The Labute approximate surface area is 116 Å². The third kappa shape index (κ3) is 2.81. The molecule has 0 aromatic heterocycles. The van der Waals surface area contributed by atoms with Gasteiger partial charge in [-0.25, -0.2) is 22.4 Å². The van der Waals surface area contributed by atoms with Crippen molar-refractivity contribution < 1.29 is 27.5 Å². The Kier molecular flexibility index (Phi) is 3.84. The van der Waals surface area contributed by atoms with Crippen LogP contribution in [0.1, 0.15) is 15.9 Å². The maximum Gasteiger partial charge on any atom is 0.337 e. The first-order valence-corrected chi connectivity index (χ1v) is 5.75. The maximum absolute atomic E-state index is 13.5. The number of aryl methyl sites for hydroxylation is 1. The maximum atomic E-state index is 13.5. The van der Waals surface area contributed by atoms with Gasteiger partial charge in [0.15, 0.2) is 23.3 Å². The number of hydrogen-bond donors (Lipinski definition) is 2. The molecule has 7 heteroatoms. The largest absolute Gasteiger partial charge is 0.478 e. The minimum atomic E-state index is -1.63. The summed E-state index contributed by atoms with van der Waals surface area (Å²) >= 11 is 0. The predicted molar refractivity (Wildman–Crippen MR) is 67.7 cm³/mol. The second kappa shape index (κ2) is 5.43. The van der Waals surface area contributed by atoms with Crippen molar-refractivity contribution in [1.82, 2.24) is 0 Å². The number of carbonyl (C=O) groups is 1. The van der Waals surface area contributed by atoms with Gasteiger partial charge in [-0.15, -0.1) is 0 Å². The normalized spacial score (nSPS) is 10.5. The van der Waals surface area contributed by atoms with E-state index in [9.17, 15) is 22.4 Å². The Morgan fingerprint density at radius 3 is 2.14 bits per heavy atom. The number of nitrogens with one attached hydrogen (secondary N) is 1. The Morgan fingerprint density at radius 1 is 1.05 bits per heavy atom. The van der Waals surface area contributed by atoms with E-state index in [1.165, 1.54) is 18.2 Å². The molecule has 110 valence electrons. The Bertz CT molecular complexity index is 705. The number of anilines is 2. The molecule has 2 rings (SSSR count). The average molecular weight is 299 g/mol. The predicted octanol–water partition coefficient (Wildman–Crippen LogP) is 3.99. The van der Waals surface area contributed by atoms with Gasteiger partial charge in [-0.05, 0) is 19.1 Å². The molecule has 2 aromatic rings. The molecule has 0 heterocycles. The van der Waals surface area contributed by atoms with E-state index in [-0.39, 0.29) is 17.3 Å². The van der Waals surface area contributed by atoms with Crippen molar-refractivity contribution in [2.75, 3.05) is 5.32 Å². The smallest absolute Gasteiger partial charge is 0.337 e. The van der Waals surface area contributed by atoms with Gasteiger partial charge < -0.3 is 10.4 Å². The van der Waals surface area contributed by atoms with E-state index in [2.05, 4.69) is 5.32 Å². The number of carboxylic acid groups (broad SMARTS) is 1. The van der Waals surface area contributed by atoms with Crippen LogP contribution < -0.4 is 5.32 Å². The lowest BCUT2D eigenvalue weighted by Gasteiger charge is -2.12. The zero-order chi connectivity index (χ0) is 15.7. The van der Waals surface area contributed by atoms with E-state index >= 15 is 0 Å². The highest BCUT2D eigenvalue weighted by molar-refractivity contribution is 5.95. The highest BCUT2D eigenvalue weighted by Gasteiger charge is 2.21. The molecule has 3 nitrogen and oxygen atoms in total. The molecule has 21 heavy (non-hydrogen) atoms. The van der Waals surface area contributed by atoms with Crippen LogP contribution in [-0.2, 0) is 0 Å². The van der Waals surface area contributed by atoms with Crippen LogP contribution in [0.4, 0.5) is 28.9 Å². The van der Waals surface area contributed by atoms with Gasteiger partial charge in [0.1, 0.15) is 5.69 Å². The summed E-state index contributed by atoms with van der Waals surface area (Å²) in [5.41, 5.74) is -0.947. The summed E-state index contributed by atoms with van der Waals surface area (Å²) in [6.07, 6.45) is 0. The van der Waals surface area contributed by atoms with Gasteiger partial charge in [-0.1, -0.05) is 11.6 Å². The third-order valence-corrected chi connectivity index (χ3v) is 2.78. The van der Waals surface area contributed by atoms with Crippen LogP contribution in [0.2, 0.25) is 0 Å². The van der Waals surface area contributed by atoms with Crippen LogP contribution in [-0.4, -0.2) is 11.1 Å². The van der Waals surface area contributed by atoms with Crippen LogP contribution in [0.25, 0.3) is 0 Å². The topological polar surface area (TPSA) is 49.3 Å². The van der Waals surface area contributed by atoms with E-state index in [0.717, 1.165) is 0 Å². The molecule has 0 saturated heterocycles.